The molecule has 0 bridgehead atoms. The summed E-state index contributed by atoms with van der Waals surface area (Å²) < 4.78 is 0. The molecule has 0 N–H and O–H groups in total. The van der Waals surface area contributed by atoms with Crippen molar-refractivity contribution in [3.63, 3.8) is 0 Å². The van der Waals surface area contributed by atoms with Crippen LogP contribution in [0.1, 0.15) is 59.6 Å². The molecule has 0 aromatic heterocycles. The van der Waals surface area contributed by atoms with Gasteiger partial charge in [-0.2, -0.15) is 0 Å². The summed E-state index contributed by atoms with van der Waals surface area (Å²) in [4.78, 5) is 14.0. The summed E-state index contributed by atoms with van der Waals surface area (Å²) in [7, 11) is 0. The van der Waals surface area contributed by atoms with Crippen molar-refractivity contribution in [1.29, 1.82) is 0 Å². The molecule has 1 aromatic carbocycles. The van der Waals surface area contributed by atoms with E-state index >= 15 is 0 Å². The Kier molecular flexibility index (Phi) is 9.15. The average molecular weight is 263 g/mol. The number of Topliss-reactive ketones (excluding diaryl/α,β-unsaturated/α-hetero) is 1. The van der Waals surface area contributed by atoms with E-state index in [9.17, 15) is 4.79 Å². The molecule has 19 heavy (non-hydrogen) atoms. The van der Waals surface area contributed by atoms with E-state index in [4.69, 9.17) is 0 Å². The van der Waals surface area contributed by atoms with Crippen LogP contribution in [0, 0.1) is 0 Å². The van der Waals surface area contributed by atoms with E-state index in [1.807, 2.05) is 30.3 Å². The zero-order valence-corrected chi connectivity index (χ0v) is 13.3. The van der Waals surface area contributed by atoms with Crippen LogP contribution in [0.2, 0.25) is 0 Å². The maximum Gasteiger partial charge on any atom is 0.151 e. The SMILES string of the molecule is CCC.CCN(C(C)C)C(C(C)=O)c1ccccc1. The van der Waals surface area contributed by atoms with E-state index in [-0.39, 0.29) is 11.8 Å². The van der Waals surface area contributed by atoms with Crippen LogP contribution < -0.4 is 0 Å². The second kappa shape index (κ2) is 9.74. The van der Waals surface area contributed by atoms with Crippen LogP contribution in [0.5, 0.6) is 0 Å². The highest BCUT2D eigenvalue weighted by Crippen LogP contribution is 2.23. The highest BCUT2D eigenvalue weighted by Gasteiger charge is 2.25. The molecule has 0 aliphatic carbocycles. The van der Waals surface area contributed by atoms with E-state index in [0.717, 1.165) is 12.1 Å². The third-order valence-corrected chi connectivity index (χ3v) is 2.86. The van der Waals surface area contributed by atoms with Crippen molar-refractivity contribution in [1.82, 2.24) is 4.90 Å². The van der Waals surface area contributed by atoms with Crippen LogP contribution in [0.15, 0.2) is 30.3 Å². The lowest BCUT2D eigenvalue weighted by Gasteiger charge is -2.32. The number of rotatable bonds is 5. The smallest absolute Gasteiger partial charge is 0.151 e. The Morgan fingerprint density at radius 3 is 1.89 bits per heavy atom. The molecule has 0 aliphatic heterocycles. The Bertz CT molecular complexity index is 346. The lowest BCUT2D eigenvalue weighted by molar-refractivity contribution is -0.123. The monoisotopic (exact) mass is 263 g/mol. The Hall–Kier alpha value is -1.15. The molecule has 0 saturated heterocycles. The highest BCUT2D eigenvalue weighted by atomic mass is 16.1. The molecule has 1 rings (SSSR count). The second-order valence-electron chi connectivity index (χ2n) is 5.06. The minimum absolute atomic E-state index is 0.105. The average Bonchev–Trinajstić information content (AvgIpc) is 2.36. The second-order valence-corrected chi connectivity index (χ2v) is 5.06. The lowest BCUT2D eigenvalue weighted by atomic mass is 10.0. The highest BCUT2D eigenvalue weighted by molar-refractivity contribution is 5.82. The summed E-state index contributed by atoms with van der Waals surface area (Å²) in [5.41, 5.74) is 1.09. The molecule has 0 saturated carbocycles. The van der Waals surface area contributed by atoms with Crippen LogP contribution in [0.25, 0.3) is 0 Å². The fourth-order valence-electron chi connectivity index (χ4n) is 2.14. The molecule has 0 fully saturated rings. The first kappa shape index (κ1) is 17.8. The summed E-state index contributed by atoms with van der Waals surface area (Å²) in [6, 6.07) is 10.3. The summed E-state index contributed by atoms with van der Waals surface area (Å²) in [6.45, 7) is 13.2. The van der Waals surface area contributed by atoms with E-state index in [2.05, 4.69) is 39.5 Å². The summed E-state index contributed by atoms with van der Waals surface area (Å²) >= 11 is 0. The molecular weight excluding hydrogens is 234 g/mol. The zero-order chi connectivity index (χ0) is 14.8. The van der Waals surface area contributed by atoms with Gasteiger partial charge in [-0.15, -0.1) is 0 Å². The third kappa shape index (κ3) is 6.02. The van der Waals surface area contributed by atoms with Gasteiger partial charge in [0.25, 0.3) is 0 Å². The van der Waals surface area contributed by atoms with Crippen molar-refractivity contribution in [2.75, 3.05) is 6.54 Å². The first-order valence-corrected chi connectivity index (χ1v) is 7.30. The topological polar surface area (TPSA) is 20.3 Å². The molecule has 2 nitrogen and oxygen atoms in total. The molecule has 2 heteroatoms. The Morgan fingerprint density at radius 2 is 1.58 bits per heavy atom. The molecule has 108 valence electrons. The molecule has 0 amide bonds. The summed E-state index contributed by atoms with van der Waals surface area (Å²) in [5.74, 6) is 0.210. The first-order chi connectivity index (χ1) is 8.99. The van der Waals surface area contributed by atoms with Gasteiger partial charge in [-0.05, 0) is 32.9 Å². The van der Waals surface area contributed by atoms with Crippen LogP contribution in [-0.2, 0) is 4.79 Å². The number of hydrogen-bond donors (Lipinski definition) is 0. The zero-order valence-electron chi connectivity index (χ0n) is 13.3. The predicted molar refractivity (Wildman–Crippen MR) is 83.3 cm³/mol. The third-order valence-electron chi connectivity index (χ3n) is 2.86. The normalized spacial score (nSPS) is 12.0. The van der Waals surface area contributed by atoms with Gasteiger partial charge in [-0.3, -0.25) is 9.69 Å². The van der Waals surface area contributed by atoms with E-state index in [0.29, 0.717) is 6.04 Å². The van der Waals surface area contributed by atoms with Crippen molar-refractivity contribution in [3.05, 3.63) is 35.9 Å². The largest absolute Gasteiger partial charge is 0.298 e. The van der Waals surface area contributed by atoms with Gasteiger partial charge >= 0.3 is 0 Å². The summed E-state index contributed by atoms with van der Waals surface area (Å²) in [6.07, 6.45) is 1.25. The minimum Gasteiger partial charge on any atom is -0.298 e. The number of carbonyl (C=O) groups excluding carboxylic acids is 1. The molecule has 0 aliphatic rings. The van der Waals surface area contributed by atoms with Gasteiger partial charge in [0.15, 0.2) is 5.78 Å². The number of hydrogen-bond acceptors (Lipinski definition) is 2. The maximum absolute atomic E-state index is 11.8. The number of benzene rings is 1. The molecule has 0 radical (unpaired) electrons. The van der Waals surface area contributed by atoms with E-state index < -0.39 is 0 Å². The number of carbonyl (C=O) groups is 1. The van der Waals surface area contributed by atoms with Crippen molar-refractivity contribution in [3.8, 4) is 0 Å². The van der Waals surface area contributed by atoms with Gasteiger partial charge < -0.3 is 0 Å². The van der Waals surface area contributed by atoms with Crippen molar-refractivity contribution in [2.45, 2.75) is 60.0 Å². The minimum atomic E-state index is -0.105. The van der Waals surface area contributed by atoms with Gasteiger partial charge in [0.2, 0.25) is 0 Å². The van der Waals surface area contributed by atoms with Gasteiger partial charge in [0, 0.05) is 6.04 Å². The van der Waals surface area contributed by atoms with Crippen molar-refractivity contribution >= 4 is 5.78 Å². The Morgan fingerprint density at radius 1 is 1.11 bits per heavy atom. The molecule has 0 spiro atoms. The molecular formula is C17H29NO. The van der Waals surface area contributed by atoms with Crippen LogP contribution in [-0.4, -0.2) is 23.3 Å². The predicted octanol–water partition coefficient (Wildman–Crippen LogP) is 4.46. The molecule has 0 heterocycles. The molecule has 1 unspecified atom stereocenters. The molecule has 1 atom stereocenters. The molecule has 1 aromatic rings. The van der Waals surface area contributed by atoms with Crippen LogP contribution >= 0.6 is 0 Å². The van der Waals surface area contributed by atoms with Gasteiger partial charge in [-0.1, -0.05) is 57.5 Å². The van der Waals surface area contributed by atoms with Crippen molar-refractivity contribution < 1.29 is 4.79 Å². The Labute approximate surface area is 118 Å². The first-order valence-electron chi connectivity index (χ1n) is 7.30. The van der Waals surface area contributed by atoms with Crippen LogP contribution in [0.3, 0.4) is 0 Å². The fraction of sp³-hybridized carbons (Fsp3) is 0.588. The quantitative estimate of drug-likeness (QED) is 0.781. The van der Waals surface area contributed by atoms with Gasteiger partial charge in [0.05, 0.1) is 6.04 Å². The number of likely N-dealkylation sites (N-methyl/N-ethyl adjacent to an activating group) is 1. The van der Waals surface area contributed by atoms with E-state index in [1.54, 1.807) is 6.92 Å². The summed E-state index contributed by atoms with van der Waals surface area (Å²) in [5, 5.41) is 0. The van der Waals surface area contributed by atoms with E-state index in [1.165, 1.54) is 6.42 Å². The Balaban J connectivity index is 0.000000982. The standard InChI is InChI=1S/C14H21NO.C3H8/c1-5-15(11(2)3)14(12(4)16)13-9-7-6-8-10-13;1-3-2/h6-11,14H,5H2,1-4H3;3H2,1-2H3. The lowest BCUT2D eigenvalue weighted by Crippen LogP contribution is -2.38. The van der Waals surface area contributed by atoms with Crippen LogP contribution in [0.4, 0.5) is 0 Å². The van der Waals surface area contributed by atoms with Crippen molar-refractivity contribution in [2.24, 2.45) is 0 Å². The number of nitrogens with zero attached hydrogens (tertiary/aromatic N) is 1. The number of ketones is 1. The fourth-order valence-corrected chi connectivity index (χ4v) is 2.14. The van der Waals surface area contributed by atoms with Gasteiger partial charge in [0.1, 0.15) is 0 Å². The maximum atomic E-state index is 11.8. The van der Waals surface area contributed by atoms with Gasteiger partial charge in [-0.25, -0.2) is 0 Å².